The second-order valence-corrected chi connectivity index (χ2v) is 9.91. The first kappa shape index (κ1) is 24.3. The Morgan fingerprint density at radius 1 is 1.15 bits per heavy atom. The maximum atomic E-state index is 13.6. The van der Waals surface area contributed by atoms with E-state index < -0.39 is 0 Å². The average Bonchev–Trinajstić information content (AvgIpc) is 2.81. The average molecular weight is 509 g/mol. The van der Waals surface area contributed by atoms with E-state index in [2.05, 4.69) is 18.7 Å². The van der Waals surface area contributed by atoms with Crippen molar-refractivity contribution in [2.24, 2.45) is 4.99 Å². The van der Waals surface area contributed by atoms with Crippen LogP contribution in [0.3, 0.4) is 0 Å². The monoisotopic (exact) mass is 507 g/mol. The second-order valence-electron chi connectivity index (χ2n) is 8.54. The van der Waals surface area contributed by atoms with Gasteiger partial charge in [-0.15, -0.1) is 11.6 Å². The fourth-order valence-corrected chi connectivity index (χ4v) is 5.28. The molecule has 2 aromatic rings. The Morgan fingerprint density at radius 3 is 2.61 bits per heavy atom. The topological polar surface area (TPSA) is 57.8 Å². The van der Waals surface area contributed by atoms with Crippen LogP contribution in [0.1, 0.15) is 54.3 Å². The fourth-order valence-electron chi connectivity index (χ4n) is 4.74. The van der Waals surface area contributed by atoms with Gasteiger partial charge in [-0.3, -0.25) is 9.79 Å². The number of pyridine rings is 1. The standard InChI is InChI=1S/C25H28Cl3N3O2/c1-3-30(4-2)10-9-29-21-12-16(15-5-7-19(27)20(28)11-15)13-23-24(21)25(32)18-14-17(26)6-8-22(18)31(23)33/h5-8,11,16-17,33H,3-4,9-10,12-14H2,1-2H3. The van der Waals surface area contributed by atoms with Crippen LogP contribution in [0.5, 0.6) is 0 Å². The van der Waals surface area contributed by atoms with Gasteiger partial charge in [0.05, 0.1) is 38.9 Å². The lowest BCUT2D eigenvalue weighted by Crippen LogP contribution is -2.35. The minimum Gasteiger partial charge on any atom is -0.428 e. The Hall–Kier alpha value is -1.79. The Labute approximate surface area is 209 Å². The highest BCUT2D eigenvalue weighted by Gasteiger charge is 2.33. The quantitative estimate of drug-likeness (QED) is 0.418. The molecule has 2 aliphatic rings. The third-order valence-corrected chi connectivity index (χ3v) is 7.68. The summed E-state index contributed by atoms with van der Waals surface area (Å²) in [5, 5.41) is 11.9. The van der Waals surface area contributed by atoms with Crippen LogP contribution in [0.4, 0.5) is 0 Å². The molecule has 0 amide bonds. The molecule has 1 aromatic heterocycles. The lowest BCUT2D eigenvalue weighted by molar-refractivity contribution is 0.169. The zero-order chi connectivity index (χ0) is 23.7. The summed E-state index contributed by atoms with van der Waals surface area (Å²) in [7, 11) is 0. The number of nitrogens with zero attached hydrogens (tertiary/aromatic N) is 3. The van der Waals surface area contributed by atoms with Gasteiger partial charge in [0.2, 0.25) is 0 Å². The number of benzene rings is 1. The molecular formula is C25H28Cl3N3O2. The summed E-state index contributed by atoms with van der Waals surface area (Å²) in [5.74, 6) is 0.0173. The van der Waals surface area contributed by atoms with Gasteiger partial charge in [0.25, 0.3) is 0 Å². The molecule has 0 spiro atoms. The van der Waals surface area contributed by atoms with Gasteiger partial charge in [0.1, 0.15) is 0 Å². The molecule has 2 aliphatic carbocycles. The van der Waals surface area contributed by atoms with Gasteiger partial charge in [0, 0.05) is 17.8 Å². The van der Waals surface area contributed by atoms with Gasteiger partial charge >= 0.3 is 0 Å². The summed E-state index contributed by atoms with van der Waals surface area (Å²) < 4.78 is 1.16. The molecule has 8 heteroatoms. The van der Waals surface area contributed by atoms with Crippen molar-refractivity contribution >= 4 is 46.6 Å². The van der Waals surface area contributed by atoms with Crippen LogP contribution >= 0.6 is 34.8 Å². The van der Waals surface area contributed by atoms with E-state index in [1.165, 1.54) is 0 Å². The number of halogens is 3. The number of fused-ring (bicyclic) bond motifs is 2. The first-order valence-electron chi connectivity index (χ1n) is 11.4. The summed E-state index contributed by atoms with van der Waals surface area (Å²) in [4.78, 5) is 20.8. The summed E-state index contributed by atoms with van der Waals surface area (Å²) in [6, 6.07) is 5.60. The van der Waals surface area contributed by atoms with Crippen molar-refractivity contribution in [1.82, 2.24) is 9.63 Å². The normalized spacial score (nSPS) is 20.8. The highest BCUT2D eigenvalue weighted by molar-refractivity contribution is 6.42. The largest absolute Gasteiger partial charge is 0.428 e. The maximum absolute atomic E-state index is 13.6. The van der Waals surface area contributed by atoms with Gasteiger partial charge in [-0.2, -0.15) is 4.73 Å². The van der Waals surface area contributed by atoms with Gasteiger partial charge in [-0.25, -0.2) is 0 Å². The molecule has 5 nitrogen and oxygen atoms in total. The molecule has 0 saturated carbocycles. The van der Waals surface area contributed by atoms with E-state index in [1.54, 1.807) is 18.2 Å². The molecule has 0 aliphatic heterocycles. The molecular weight excluding hydrogens is 481 g/mol. The lowest BCUT2D eigenvalue weighted by atomic mass is 9.79. The number of hydrogen-bond donors (Lipinski definition) is 1. The summed E-state index contributed by atoms with van der Waals surface area (Å²) in [5.41, 5.74) is 3.82. The molecule has 2 unspecified atom stereocenters. The minimum atomic E-state index is -0.265. The van der Waals surface area contributed by atoms with Crippen molar-refractivity contribution in [2.45, 2.75) is 44.4 Å². The summed E-state index contributed by atoms with van der Waals surface area (Å²) in [6.07, 6.45) is 5.03. The van der Waals surface area contributed by atoms with Gasteiger partial charge in [0.15, 0.2) is 5.43 Å². The third kappa shape index (κ3) is 4.88. The second kappa shape index (κ2) is 10.2. The SMILES string of the molecule is CCN(CC)CCN=C1CC(c2ccc(Cl)c(Cl)c2)Cc2c1c(=O)c1c(n2O)C=CC(Cl)C1. The van der Waals surface area contributed by atoms with Crippen LogP contribution in [-0.4, -0.2) is 52.1 Å². The number of rotatable bonds is 6. The van der Waals surface area contributed by atoms with Crippen molar-refractivity contribution < 1.29 is 5.21 Å². The maximum Gasteiger partial charge on any atom is 0.194 e. The summed E-state index contributed by atoms with van der Waals surface area (Å²) >= 11 is 18.7. The Bertz CT molecular complexity index is 1170. The third-order valence-electron chi connectivity index (χ3n) is 6.64. The molecule has 1 aromatic carbocycles. The smallest absolute Gasteiger partial charge is 0.194 e. The van der Waals surface area contributed by atoms with Crippen molar-refractivity contribution in [3.8, 4) is 0 Å². The first-order chi connectivity index (χ1) is 15.8. The van der Waals surface area contributed by atoms with Crippen molar-refractivity contribution in [3.05, 3.63) is 72.6 Å². The van der Waals surface area contributed by atoms with E-state index in [4.69, 9.17) is 39.8 Å². The zero-order valence-corrected chi connectivity index (χ0v) is 21.1. The van der Waals surface area contributed by atoms with Gasteiger partial charge < -0.3 is 10.1 Å². The van der Waals surface area contributed by atoms with Gasteiger partial charge in [-0.05, 0) is 62.0 Å². The van der Waals surface area contributed by atoms with E-state index in [-0.39, 0.29) is 16.7 Å². The van der Waals surface area contributed by atoms with Crippen LogP contribution in [-0.2, 0) is 12.8 Å². The van der Waals surface area contributed by atoms with E-state index in [9.17, 15) is 10.0 Å². The number of hydrogen-bond acceptors (Lipinski definition) is 4. The van der Waals surface area contributed by atoms with Crippen molar-refractivity contribution in [3.63, 3.8) is 0 Å². The first-order valence-corrected chi connectivity index (χ1v) is 12.6. The fraction of sp³-hybridized carbons (Fsp3) is 0.440. The highest BCUT2D eigenvalue weighted by atomic mass is 35.5. The van der Waals surface area contributed by atoms with Crippen LogP contribution < -0.4 is 5.43 Å². The Morgan fingerprint density at radius 2 is 1.91 bits per heavy atom. The van der Waals surface area contributed by atoms with E-state index >= 15 is 0 Å². The number of alkyl halides is 1. The molecule has 0 radical (unpaired) electrons. The molecule has 2 atom stereocenters. The molecule has 4 rings (SSSR count). The molecule has 1 N–H and O–H groups in total. The van der Waals surface area contributed by atoms with Crippen LogP contribution in [0, 0.1) is 0 Å². The molecule has 33 heavy (non-hydrogen) atoms. The predicted octanol–water partition coefficient (Wildman–Crippen LogP) is 5.43. The highest BCUT2D eigenvalue weighted by Crippen LogP contribution is 2.36. The molecule has 0 fully saturated rings. The molecule has 0 bridgehead atoms. The number of aromatic nitrogens is 1. The predicted molar refractivity (Wildman–Crippen MR) is 137 cm³/mol. The summed E-state index contributed by atoms with van der Waals surface area (Å²) in [6.45, 7) is 7.55. The number of likely N-dealkylation sites (N-methyl/N-ethyl adjacent to an activating group) is 1. The van der Waals surface area contributed by atoms with Crippen LogP contribution in [0.2, 0.25) is 10.0 Å². The molecule has 1 heterocycles. The van der Waals surface area contributed by atoms with E-state index in [0.717, 1.165) is 35.6 Å². The molecule has 176 valence electrons. The molecule has 0 saturated heterocycles. The van der Waals surface area contributed by atoms with Crippen molar-refractivity contribution in [1.29, 1.82) is 0 Å². The van der Waals surface area contributed by atoms with E-state index in [0.29, 0.717) is 58.4 Å². The van der Waals surface area contributed by atoms with Gasteiger partial charge in [-0.1, -0.05) is 49.2 Å². The van der Waals surface area contributed by atoms with Crippen LogP contribution in [0.15, 0.2) is 34.1 Å². The van der Waals surface area contributed by atoms with Crippen LogP contribution in [0.25, 0.3) is 6.08 Å². The number of allylic oxidation sites excluding steroid dienone is 1. The Kier molecular flexibility index (Phi) is 7.54. The minimum absolute atomic E-state index is 0.0173. The van der Waals surface area contributed by atoms with E-state index in [1.807, 2.05) is 12.1 Å². The lowest BCUT2D eigenvalue weighted by Gasteiger charge is -2.30. The number of aliphatic imine (C=N–C) groups is 1. The Balaban J connectivity index is 1.81. The van der Waals surface area contributed by atoms with Crippen molar-refractivity contribution in [2.75, 3.05) is 26.2 Å². The zero-order valence-electron chi connectivity index (χ0n) is 18.8.